The summed E-state index contributed by atoms with van der Waals surface area (Å²) in [7, 11) is 4.69. The summed E-state index contributed by atoms with van der Waals surface area (Å²) >= 11 is 1.57. The summed E-state index contributed by atoms with van der Waals surface area (Å²) in [5.74, 6) is -1.61. The number of thiazole rings is 1. The van der Waals surface area contributed by atoms with Gasteiger partial charge in [-0.15, -0.1) is 21.5 Å². The number of anilines is 3. The fourth-order valence-corrected chi connectivity index (χ4v) is 9.09. The molecule has 0 radical (unpaired) electrons. The molecule has 2 unspecified atom stereocenters. The maximum Gasteiger partial charge on any atom is 0.273 e. The molecular formula is C50H65N13O8S. The number of nitrogens with one attached hydrogen (secondary N) is 6. The van der Waals surface area contributed by atoms with Crippen LogP contribution in [0.5, 0.6) is 5.75 Å². The Labute approximate surface area is 422 Å². The average molecular weight is 1010 g/mol. The van der Waals surface area contributed by atoms with Gasteiger partial charge in [0, 0.05) is 46.0 Å². The normalized spacial score (nSPS) is 15.3. The Morgan fingerprint density at radius 3 is 2.25 bits per heavy atom. The number of ether oxygens (including phenoxy) is 1. The highest BCUT2D eigenvalue weighted by Crippen LogP contribution is 2.37. The number of aryl methyl sites for hydroxylation is 2. The number of likely N-dealkylation sites (tertiary alicyclic amines) is 1. The Bertz CT molecular complexity index is 2720. The molecule has 0 aliphatic carbocycles. The van der Waals surface area contributed by atoms with Crippen molar-refractivity contribution < 1.29 is 38.6 Å². The van der Waals surface area contributed by atoms with E-state index in [1.54, 1.807) is 47.6 Å². The number of amides is 6. The Hall–Kier alpha value is -7.33. The number of rotatable bonds is 22. The Morgan fingerprint density at radius 1 is 0.903 bits per heavy atom. The maximum absolute atomic E-state index is 14.1. The van der Waals surface area contributed by atoms with E-state index in [0.29, 0.717) is 42.1 Å². The molecule has 0 saturated carbocycles. The van der Waals surface area contributed by atoms with Gasteiger partial charge in [-0.25, -0.2) is 9.97 Å². The molecule has 7 N–H and O–H groups in total. The zero-order valence-electron chi connectivity index (χ0n) is 42.0. The van der Waals surface area contributed by atoms with Crippen LogP contribution in [0.1, 0.15) is 107 Å². The average Bonchev–Trinajstić information content (AvgIpc) is 4.10. The molecule has 21 nitrogen and oxygen atoms in total. The SMILES string of the molecule is CNC(=O)c1nnc(NC(=O)CNC(=O)CCCCCCCC(=O)NC(C(=O)N2C[C@H](O)C[C@H]2C(=O)NC(C)c2ccc(-c3scnc3C)cc2)C(C)(C)C)cc1Nc1cccc(-c2ncn(C)n2)c1OC. The zero-order valence-corrected chi connectivity index (χ0v) is 42.8. The highest BCUT2D eigenvalue weighted by molar-refractivity contribution is 7.13. The highest BCUT2D eigenvalue weighted by Gasteiger charge is 2.44. The molecular weight excluding hydrogens is 943 g/mol. The number of unbranched alkanes of at least 4 members (excludes halogenated alkanes) is 4. The predicted molar refractivity (Wildman–Crippen MR) is 272 cm³/mol. The molecule has 2 aromatic carbocycles. The van der Waals surface area contributed by atoms with Gasteiger partial charge in [-0.3, -0.25) is 33.4 Å². The molecule has 1 saturated heterocycles. The van der Waals surface area contributed by atoms with Gasteiger partial charge in [0.2, 0.25) is 29.5 Å². The van der Waals surface area contributed by atoms with Crippen LogP contribution in [0.3, 0.4) is 0 Å². The van der Waals surface area contributed by atoms with Crippen molar-refractivity contribution in [3.63, 3.8) is 0 Å². The largest absolute Gasteiger partial charge is 0.494 e. The minimum absolute atomic E-state index is 0.0218. The molecule has 22 heteroatoms. The van der Waals surface area contributed by atoms with E-state index in [0.717, 1.165) is 34.5 Å². The van der Waals surface area contributed by atoms with Crippen molar-refractivity contribution in [3.8, 4) is 27.6 Å². The van der Waals surface area contributed by atoms with Gasteiger partial charge in [0.15, 0.2) is 23.1 Å². The molecule has 1 aliphatic heterocycles. The van der Waals surface area contributed by atoms with Gasteiger partial charge in [-0.05, 0) is 55.4 Å². The van der Waals surface area contributed by atoms with Gasteiger partial charge in [0.1, 0.15) is 18.4 Å². The number of carbonyl (C=O) groups is 6. The molecule has 4 atom stereocenters. The number of hydrogen-bond acceptors (Lipinski definition) is 15. The van der Waals surface area contributed by atoms with E-state index in [-0.39, 0.29) is 73.3 Å². The van der Waals surface area contributed by atoms with Gasteiger partial charge >= 0.3 is 0 Å². The standard InChI is InChI=1S/C50H65N13O8S/c1-29(31-19-21-32(22-20-31)44-30(2)54-28-72-44)55-47(68)37-23-33(64)26-63(37)49(70)45(50(3,4)5)58-40(66)18-13-11-9-10-12-17-39(65)52-25-41(67)57-38-24-36(42(60-59-38)48(69)51-6)56-35-16-14-15-34(43(35)71-8)46-53-27-62(7)61-46/h14-16,19-22,24,27-29,33,37,45,64H,9-13,17-18,23,25-26H2,1-8H3,(H,51,69)(H,52,65)(H,55,68)(H,58,66)(H2,56,57,59,67)/t29?,33-,37+,45?/m1/s1. The van der Waals surface area contributed by atoms with E-state index in [1.165, 1.54) is 25.1 Å². The Balaban J connectivity index is 0.908. The number of methoxy groups -OCH3 is 1. The second kappa shape index (κ2) is 24.7. The second-order valence-electron chi connectivity index (χ2n) is 18.8. The lowest BCUT2D eigenvalue weighted by atomic mass is 9.85. The number of benzene rings is 2. The van der Waals surface area contributed by atoms with E-state index < -0.39 is 41.3 Å². The molecule has 6 amide bonds. The summed E-state index contributed by atoms with van der Waals surface area (Å²) in [5, 5.41) is 39.9. The molecule has 1 aliphatic rings. The van der Waals surface area contributed by atoms with Crippen molar-refractivity contribution in [2.75, 3.05) is 37.9 Å². The molecule has 72 heavy (non-hydrogen) atoms. The van der Waals surface area contributed by atoms with Crippen molar-refractivity contribution in [1.29, 1.82) is 0 Å². The zero-order chi connectivity index (χ0) is 52.1. The number of hydrogen-bond donors (Lipinski definition) is 7. The van der Waals surface area contributed by atoms with Gasteiger partial charge in [0.25, 0.3) is 5.91 Å². The van der Waals surface area contributed by atoms with Crippen LogP contribution in [0.15, 0.2) is 60.4 Å². The fraction of sp³-hybridized carbons (Fsp3) is 0.460. The first-order chi connectivity index (χ1) is 34.4. The molecule has 3 aromatic heterocycles. The van der Waals surface area contributed by atoms with Gasteiger partial charge in [-0.1, -0.05) is 70.4 Å². The third-order valence-corrected chi connectivity index (χ3v) is 13.1. The van der Waals surface area contributed by atoms with Crippen molar-refractivity contribution in [2.24, 2.45) is 12.5 Å². The molecule has 6 rings (SSSR count). The van der Waals surface area contributed by atoms with E-state index in [2.05, 4.69) is 57.2 Å². The molecule has 5 aromatic rings. The van der Waals surface area contributed by atoms with Crippen LogP contribution < -0.4 is 36.6 Å². The summed E-state index contributed by atoms with van der Waals surface area (Å²) in [6, 6.07) is 12.4. The predicted octanol–water partition coefficient (Wildman–Crippen LogP) is 4.97. The van der Waals surface area contributed by atoms with Gasteiger partial charge in [-0.2, -0.15) is 5.10 Å². The molecule has 4 heterocycles. The number of para-hydroxylation sites is 1. The van der Waals surface area contributed by atoms with Gasteiger partial charge in [0.05, 0.1) is 58.8 Å². The van der Waals surface area contributed by atoms with Crippen LogP contribution in [0, 0.1) is 12.3 Å². The van der Waals surface area contributed by atoms with Crippen molar-refractivity contribution >= 4 is 64.0 Å². The van der Waals surface area contributed by atoms with Crippen molar-refractivity contribution in [1.82, 2.24) is 56.1 Å². The van der Waals surface area contributed by atoms with Crippen LogP contribution in [0.25, 0.3) is 21.8 Å². The lowest BCUT2D eigenvalue weighted by Crippen LogP contribution is -2.57. The molecule has 0 spiro atoms. The number of nitrogens with zero attached hydrogens (tertiary/aromatic N) is 7. The lowest BCUT2D eigenvalue weighted by Gasteiger charge is -2.35. The third-order valence-electron chi connectivity index (χ3n) is 12.1. The summed E-state index contributed by atoms with van der Waals surface area (Å²) in [4.78, 5) is 90.3. The van der Waals surface area contributed by atoms with Crippen LogP contribution in [-0.4, -0.2) is 121 Å². The summed E-state index contributed by atoms with van der Waals surface area (Å²) in [6.07, 6.45) is 4.46. The van der Waals surface area contributed by atoms with E-state index >= 15 is 0 Å². The van der Waals surface area contributed by atoms with Crippen molar-refractivity contribution in [2.45, 2.75) is 110 Å². The fourth-order valence-electron chi connectivity index (χ4n) is 8.28. The first kappa shape index (κ1) is 54.0. The summed E-state index contributed by atoms with van der Waals surface area (Å²) in [5.41, 5.74) is 5.25. The third kappa shape index (κ3) is 14.2. The first-order valence-electron chi connectivity index (χ1n) is 23.9. The van der Waals surface area contributed by atoms with Gasteiger partial charge < -0.3 is 46.6 Å². The number of aromatic nitrogens is 6. The van der Waals surface area contributed by atoms with Crippen molar-refractivity contribution in [3.05, 3.63) is 77.3 Å². The number of carbonyl (C=O) groups excluding carboxylic acids is 6. The Morgan fingerprint density at radius 2 is 1.61 bits per heavy atom. The van der Waals surface area contributed by atoms with Crippen LogP contribution >= 0.6 is 11.3 Å². The maximum atomic E-state index is 14.1. The minimum Gasteiger partial charge on any atom is -0.494 e. The van der Waals surface area contributed by atoms with Crippen LogP contribution in [0.2, 0.25) is 0 Å². The van der Waals surface area contributed by atoms with Crippen LogP contribution in [0.4, 0.5) is 17.2 Å². The monoisotopic (exact) mass is 1010 g/mol. The Kier molecular flexibility index (Phi) is 18.5. The van der Waals surface area contributed by atoms with E-state index in [1.807, 2.05) is 64.4 Å². The number of aliphatic hydroxyl groups excluding tert-OH is 1. The lowest BCUT2D eigenvalue weighted by molar-refractivity contribution is -0.144. The molecule has 1 fully saturated rings. The minimum atomic E-state index is -0.932. The van der Waals surface area contributed by atoms with E-state index in [4.69, 9.17) is 4.74 Å². The number of β-amino-alcohol motifs (C(OH)–C–C–N with tert-alkyl or cyclic N) is 1. The molecule has 0 bridgehead atoms. The second-order valence-corrected chi connectivity index (χ2v) is 19.7. The summed E-state index contributed by atoms with van der Waals surface area (Å²) < 4.78 is 7.25. The quantitative estimate of drug-likeness (QED) is 0.0451. The molecule has 384 valence electrons. The smallest absolute Gasteiger partial charge is 0.273 e. The summed E-state index contributed by atoms with van der Waals surface area (Å²) in [6.45, 7) is 9.03. The van der Waals surface area contributed by atoms with E-state index in [9.17, 15) is 33.9 Å². The topological polar surface area (TPSA) is 277 Å². The first-order valence-corrected chi connectivity index (χ1v) is 24.8. The number of aliphatic hydroxyl groups is 1. The van der Waals surface area contributed by atoms with Crippen LogP contribution in [-0.2, 0) is 31.0 Å². The highest BCUT2D eigenvalue weighted by atomic mass is 32.1.